The van der Waals surface area contributed by atoms with Crippen LogP contribution < -0.4 is 4.90 Å². The highest BCUT2D eigenvalue weighted by atomic mass is 32.2. The minimum Gasteiger partial charge on any atom is -0.508 e. The summed E-state index contributed by atoms with van der Waals surface area (Å²) in [7, 11) is 0. The Morgan fingerprint density at radius 2 is 2.00 bits per heavy atom. The van der Waals surface area contributed by atoms with Crippen LogP contribution in [0.15, 0.2) is 53.4 Å². The Kier molecular flexibility index (Phi) is 4.50. The van der Waals surface area contributed by atoms with Crippen molar-refractivity contribution in [2.24, 2.45) is 0 Å². The number of aryl methyl sites for hydroxylation is 1. The standard InChI is InChI=1S/C18H15NO2S2/c1-2-13-7-3-4-9-15(13)19-17(21)16(23-18(19)22)11-12-6-5-8-14(20)10-12/h3-11,20H,2H2,1H3/b16-11-. The van der Waals surface area contributed by atoms with Crippen molar-refractivity contribution in [3.8, 4) is 5.75 Å². The highest BCUT2D eigenvalue weighted by Gasteiger charge is 2.34. The maximum absolute atomic E-state index is 12.8. The van der Waals surface area contributed by atoms with E-state index in [9.17, 15) is 9.90 Å². The first kappa shape index (κ1) is 15.8. The molecule has 0 bridgehead atoms. The molecule has 1 aliphatic heterocycles. The number of phenolic OH excluding ortho intramolecular Hbond substituents is 1. The van der Waals surface area contributed by atoms with E-state index >= 15 is 0 Å². The van der Waals surface area contributed by atoms with Gasteiger partial charge in [-0.1, -0.05) is 61.2 Å². The number of rotatable bonds is 3. The van der Waals surface area contributed by atoms with Gasteiger partial charge in [0.25, 0.3) is 5.91 Å². The summed E-state index contributed by atoms with van der Waals surface area (Å²) < 4.78 is 0.530. The zero-order valence-corrected chi connectivity index (χ0v) is 14.2. The molecule has 23 heavy (non-hydrogen) atoms. The lowest BCUT2D eigenvalue weighted by atomic mass is 10.1. The molecule has 0 saturated carbocycles. The van der Waals surface area contributed by atoms with Gasteiger partial charge in [0.2, 0.25) is 0 Å². The molecule has 1 amide bonds. The normalized spacial score (nSPS) is 16.4. The molecule has 3 rings (SSSR count). The summed E-state index contributed by atoms with van der Waals surface area (Å²) in [5.74, 6) is 0.0507. The number of carbonyl (C=O) groups is 1. The van der Waals surface area contributed by atoms with E-state index in [4.69, 9.17) is 12.2 Å². The molecule has 0 spiro atoms. The third kappa shape index (κ3) is 3.16. The number of anilines is 1. The van der Waals surface area contributed by atoms with Gasteiger partial charge in [-0.15, -0.1) is 0 Å². The smallest absolute Gasteiger partial charge is 0.270 e. The van der Waals surface area contributed by atoms with Gasteiger partial charge in [0.15, 0.2) is 4.32 Å². The molecular weight excluding hydrogens is 326 g/mol. The fourth-order valence-corrected chi connectivity index (χ4v) is 3.75. The number of phenols is 1. The van der Waals surface area contributed by atoms with Crippen molar-refractivity contribution in [1.82, 2.24) is 0 Å². The molecule has 116 valence electrons. The average Bonchev–Trinajstić information content (AvgIpc) is 2.81. The second kappa shape index (κ2) is 6.56. The van der Waals surface area contributed by atoms with Gasteiger partial charge in [0.05, 0.1) is 10.6 Å². The SMILES string of the molecule is CCc1ccccc1N1C(=O)/C(=C/c2cccc(O)c2)SC1=S. The van der Waals surface area contributed by atoms with Gasteiger partial charge in [0.1, 0.15) is 5.75 Å². The third-order valence-electron chi connectivity index (χ3n) is 3.58. The van der Waals surface area contributed by atoms with Crippen LogP contribution >= 0.6 is 24.0 Å². The van der Waals surface area contributed by atoms with Gasteiger partial charge in [-0.25, -0.2) is 0 Å². The quantitative estimate of drug-likeness (QED) is 0.665. The van der Waals surface area contributed by atoms with Crippen LogP contribution in [0.25, 0.3) is 6.08 Å². The predicted molar refractivity (Wildman–Crippen MR) is 99.6 cm³/mol. The van der Waals surface area contributed by atoms with Gasteiger partial charge in [-0.05, 0) is 41.8 Å². The van der Waals surface area contributed by atoms with E-state index in [1.807, 2.05) is 30.3 Å². The lowest BCUT2D eigenvalue weighted by Crippen LogP contribution is -2.28. The Balaban J connectivity index is 1.97. The number of thioether (sulfide) groups is 1. The summed E-state index contributed by atoms with van der Waals surface area (Å²) in [6.45, 7) is 2.05. The maximum atomic E-state index is 12.8. The first-order chi connectivity index (χ1) is 11.1. The van der Waals surface area contributed by atoms with Crippen molar-refractivity contribution in [2.75, 3.05) is 4.90 Å². The summed E-state index contributed by atoms with van der Waals surface area (Å²) in [6, 6.07) is 14.6. The van der Waals surface area contributed by atoms with Crippen LogP contribution in [0, 0.1) is 0 Å². The number of hydrogen-bond acceptors (Lipinski definition) is 4. The molecule has 1 aliphatic rings. The summed E-state index contributed by atoms with van der Waals surface area (Å²) in [5, 5.41) is 9.55. The van der Waals surface area contributed by atoms with Crippen LogP contribution in [0.1, 0.15) is 18.1 Å². The van der Waals surface area contributed by atoms with Gasteiger partial charge in [-0.2, -0.15) is 0 Å². The molecule has 1 fully saturated rings. The molecule has 2 aromatic carbocycles. The van der Waals surface area contributed by atoms with Crippen molar-refractivity contribution < 1.29 is 9.90 Å². The topological polar surface area (TPSA) is 40.5 Å². The van der Waals surface area contributed by atoms with E-state index in [1.165, 1.54) is 11.8 Å². The van der Waals surface area contributed by atoms with Crippen LogP contribution in [-0.4, -0.2) is 15.3 Å². The molecule has 0 aliphatic carbocycles. The Labute approximate surface area is 144 Å². The van der Waals surface area contributed by atoms with E-state index in [1.54, 1.807) is 29.2 Å². The highest BCUT2D eigenvalue weighted by molar-refractivity contribution is 8.27. The molecule has 1 heterocycles. The van der Waals surface area contributed by atoms with E-state index < -0.39 is 0 Å². The number of thiocarbonyl (C=S) groups is 1. The molecule has 1 saturated heterocycles. The van der Waals surface area contributed by atoms with Gasteiger partial charge >= 0.3 is 0 Å². The molecule has 0 atom stereocenters. The Morgan fingerprint density at radius 3 is 2.74 bits per heavy atom. The first-order valence-corrected chi connectivity index (χ1v) is 8.47. The number of para-hydroxylation sites is 1. The molecule has 0 aromatic heterocycles. The van der Waals surface area contributed by atoms with E-state index in [0.29, 0.717) is 9.23 Å². The van der Waals surface area contributed by atoms with Gasteiger partial charge in [0, 0.05) is 0 Å². The number of aromatic hydroxyl groups is 1. The maximum Gasteiger partial charge on any atom is 0.270 e. The summed E-state index contributed by atoms with van der Waals surface area (Å²) in [6.07, 6.45) is 2.59. The van der Waals surface area contributed by atoms with Gasteiger partial charge < -0.3 is 5.11 Å². The van der Waals surface area contributed by atoms with Gasteiger partial charge in [-0.3, -0.25) is 9.69 Å². The lowest BCUT2D eigenvalue weighted by Gasteiger charge is -2.18. The molecule has 0 unspecified atom stereocenters. The molecule has 2 aromatic rings. The van der Waals surface area contributed by atoms with Crippen molar-refractivity contribution in [1.29, 1.82) is 0 Å². The Morgan fingerprint density at radius 1 is 1.22 bits per heavy atom. The third-order valence-corrected chi connectivity index (χ3v) is 4.88. The number of amides is 1. The second-order valence-corrected chi connectivity index (χ2v) is 6.77. The van der Waals surface area contributed by atoms with Crippen LogP contribution in [-0.2, 0) is 11.2 Å². The number of nitrogens with zero attached hydrogens (tertiary/aromatic N) is 1. The largest absolute Gasteiger partial charge is 0.508 e. The fraction of sp³-hybridized carbons (Fsp3) is 0.111. The van der Waals surface area contributed by atoms with E-state index in [2.05, 4.69) is 6.92 Å². The zero-order valence-electron chi connectivity index (χ0n) is 12.5. The van der Waals surface area contributed by atoms with Crippen LogP contribution in [0.5, 0.6) is 5.75 Å². The Hall–Kier alpha value is -2.11. The lowest BCUT2D eigenvalue weighted by molar-refractivity contribution is -0.113. The van der Waals surface area contributed by atoms with E-state index in [-0.39, 0.29) is 11.7 Å². The second-order valence-electron chi connectivity index (χ2n) is 5.09. The first-order valence-electron chi connectivity index (χ1n) is 7.25. The number of carbonyl (C=O) groups excluding carboxylic acids is 1. The highest BCUT2D eigenvalue weighted by Crippen LogP contribution is 2.37. The predicted octanol–water partition coefficient (Wildman–Crippen LogP) is 4.36. The molecule has 5 heteroatoms. The van der Waals surface area contributed by atoms with E-state index in [0.717, 1.165) is 23.2 Å². The average molecular weight is 341 g/mol. The van der Waals surface area contributed by atoms with Crippen molar-refractivity contribution >= 4 is 46.0 Å². The fourth-order valence-electron chi connectivity index (χ4n) is 2.47. The minimum absolute atomic E-state index is 0.121. The molecular formula is C18H15NO2S2. The van der Waals surface area contributed by atoms with Crippen LogP contribution in [0.3, 0.4) is 0 Å². The molecule has 0 radical (unpaired) electrons. The zero-order chi connectivity index (χ0) is 16.4. The van der Waals surface area contributed by atoms with Crippen molar-refractivity contribution in [3.63, 3.8) is 0 Å². The number of benzene rings is 2. The van der Waals surface area contributed by atoms with Crippen LogP contribution in [0.2, 0.25) is 0 Å². The van der Waals surface area contributed by atoms with Crippen molar-refractivity contribution in [2.45, 2.75) is 13.3 Å². The monoisotopic (exact) mass is 341 g/mol. The molecule has 3 nitrogen and oxygen atoms in total. The minimum atomic E-state index is -0.121. The van der Waals surface area contributed by atoms with Crippen molar-refractivity contribution in [3.05, 3.63) is 64.6 Å². The summed E-state index contributed by atoms with van der Waals surface area (Å²) in [5.41, 5.74) is 2.70. The number of hydrogen-bond donors (Lipinski definition) is 1. The summed E-state index contributed by atoms with van der Waals surface area (Å²) >= 11 is 6.69. The molecule has 1 N–H and O–H groups in total. The Bertz CT molecular complexity index is 814. The summed E-state index contributed by atoms with van der Waals surface area (Å²) in [4.78, 5) is 14.9. The van der Waals surface area contributed by atoms with Crippen LogP contribution in [0.4, 0.5) is 5.69 Å².